The van der Waals surface area contributed by atoms with E-state index in [0.29, 0.717) is 5.82 Å². The van der Waals surface area contributed by atoms with E-state index in [-0.39, 0.29) is 5.69 Å². The predicted molar refractivity (Wildman–Crippen MR) is 94.6 cm³/mol. The van der Waals surface area contributed by atoms with Crippen molar-refractivity contribution in [1.82, 2.24) is 19.7 Å². The van der Waals surface area contributed by atoms with Crippen LogP contribution in [0.25, 0.3) is 17.6 Å². The Morgan fingerprint density at radius 2 is 1.92 bits per heavy atom. The SMILES string of the molecule is CSc1nnc(-c2ccc([N+](=O)[O-])cc2)n1/C=C(\C)N1CCCC1. The molecule has 0 spiro atoms. The molecule has 0 atom stereocenters. The lowest BCUT2D eigenvalue weighted by Gasteiger charge is -2.18. The maximum Gasteiger partial charge on any atom is 0.269 e. The minimum absolute atomic E-state index is 0.0682. The average molecular weight is 345 g/mol. The van der Waals surface area contributed by atoms with E-state index in [2.05, 4.69) is 22.0 Å². The van der Waals surface area contributed by atoms with Crippen LogP contribution in [-0.4, -0.2) is 43.9 Å². The molecule has 0 aliphatic carbocycles. The van der Waals surface area contributed by atoms with Gasteiger partial charge in [0.15, 0.2) is 11.0 Å². The highest BCUT2D eigenvalue weighted by Gasteiger charge is 2.16. The van der Waals surface area contributed by atoms with Gasteiger partial charge in [-0.3, -0.25) is 14.7 Å². The Balaban J connectivity index is 1.98. The van der Waals surface area contributed by atoms with Crippen molar-refractivity contribution < 1.29 is 4.92 Å². The van der Waals surface area contributed by atoms with Crippen molar-refractivity contribution in [2.75, 3.05) is 19.3 Å². The van der Waals surface area contributed by atoms with Gasteiger partial charge in [-0.05, 0) is 38.2 Å². The van der Waals surface area contributed by atoms with Crippen LogP contribution in [0.4, 0.5) is 5.69 Å². The number of rotatable bonds is 5. The Hall–Kier alpha value is -2.35. The molecule has 126 valence electrons. The average Bonchev–Trinajstić information content (AvgIpc) is 3.24. The second kappa shape index (κ2) is 7.04. The summed E-state index contributed by atoms with van der Waals surface area (Å²) >= 11 is 1.52. The topological polar surface area (TPSA) is 77.1 Å². The number of nitro groups is 1. The summed E-state index contributed by atoms with van der Waals surface area (Å²) in [5, 5.41) is 20.1. The van der Waals surface area contributed by atoms with Crippen molar-refractivity contribution in [3.8, 4) is 11.4 Å². The molecule has 0 saturated carbocycles. The fourth-order valence-corrected chi connectivity index (χ4v) is 3.26. The molecule has 1 fully saturated rings. The number of nitro benzene ring substituents is 1. The summed E-state index contributed by atoms with van der Waals surface area (Å²) in [7, 11) is 0. The van der Waals surface area contributed by atoms with E-state index in [4.69, 9.17) is 0 Å². The maximum absolute atomic E-state index is 10.8. The number of hydrogen-bond donors (Lipinski definition) is 0. The molecular formula is C16H19N5O2S. The van der Waals surface area contributed by atoms with E-state index in [9.17, 15) is 10.1 Å². The first-order valence-corrected chi connectivity index (χ1v) is 8.99. The van der Waals surface area contributed by atoms with Gasteiger partial charge in [-0.25, -0.2) is 0 Å². The second-order valence-corrected chi connectivity index (χ2v) is 6.42. The highest BCUT2D eigenvalue weighted by molar-refractivity contribution is 7.98. The maximum atomic E-state index is 10.8. The van der Waals surface area contributed by atoms with Crippen LogP contribution >= 0.6 is 11.8 Å². The van der Waals surface area contributed by atoms with Gasteiger partial charge < -0.3 is 4.90 Å². The zero-order chi connectivity index (χ0) is 17.1. The number of nitrogens with zero attached hydrogens (tertiary/aromatic N) is 5. The van der Waals surface area contributed by atoms with Crippen LogP contribution in [0.3, 0.4) is 0 Å². The first-order valence-electron chi connectivity index (χ1n) is 7.77. The number of non-ortho nitro benzene ring substituents is 1. The van der Waals surface area contributed by atoms with Gasteiger partial charge in [0.1, 0.15) is 0 Å². The number of likely N-dealkylation sites (tertiary alicyclic amines) is 1. The molecule has 8 heteroatoms. The summed E-state index contributed by atoms with van der Waals surface area (Å²) in [5.74, 6) is 0.688. The number of thioether (sulfide) groups is 1. The van der Waals surface area contributed by atoms with Crippen LogP contribution in [0.2, 0.25) is 0 Å². The zero-order valence-electron chi connectivity index (χ0n) is 13.7. The van der Waals surface area contributed by atoms with Crippen LogP contribution in [0.15, 0.2) is 35.1 Å². The fraction of sp³-hybridized carbons (Fsp3) is 0.375. The van der Waals surface area contributed by atoms with Gasteiger partial charge in [0, 0.05) is 42.7 Å². The Labute approximate surface area is 144 Å². The number of allylic oxidation sites excluding steroid dienone is 1. The van der Waals surface area contributed by atoms with Crippen LogP contribution in [0, 0.1) is 10.1 Å². The standard InChI is InChI=1S/C16H19N5O2S/c1-12(19-9-3-4-10-19)11-20-15(17-18-16(20)24-2)13-5-7-14(8-6-13)21(22)23/h5-8,11H,3-4,9-10H2,1-2H3/b12-11+. The quantitative estimate of drug-likeness (QED) is 0.469. The summed E-state index contributed by atoms with van der Waals surface area (Å²) in [6, 6.07) is 6.40. The van der Waals surface area contributed by atoms with Crippen LogP contribution in [0.5, 0.6) is 0 Å². The molecule has 1 saturated heterocycles. The van der Waals surface area contributed by atoms with Gasteiger partial charge in [-0.2, -0.15) is 0 Å². The molecule has 1 aromatic carbocycles. The summed E-state index contributed by atoms with van der Waals surface area (Å²) in [4.78, 5) is 12.8. The number of benzene rings is 1. The Morgan fingerprint density at radius 1 is 1.25 bits per heavy atom. The van der Waals surface area contributed by atoms with Crippen LogP contribution in [-0.2, 0) is 0 Å². The van der Waals surface area contributed by atoms with Gasteiger partial charge in [0.05, 0.1) is 4.92 Å². The molecule has 24 heavy (non-hydrogen) atoms. The summed E-state index contributed by atoms with van der Waals surface area (Å²) in [5.41, 5.74) is 2.04. The first-order chi connectivity index (χ1) is 11.6. The van der Waals surface area contributed by atoms with Gasteiger partial charge in [0.25, 0.3) is 5.69 Å². The highest BCUT2D eigenvalue weighted by Crippen LogP contribution is 2.26. The van der Waals surface area contributed by atoms with Crippen LogP contribution in [0.1, 0.15) is 19.8 Å². The van der Waals surface area contributed by atoms with Crippen molar-refractivity contribution in [2.45, 2.75) is 24.9 Å². The summed E-state index contributed by atoms with van der Waals surface area (Å²) < 4.78 is 1.96. The predicted octanol–water partition coefficient (Wildman–Crippen LogP) is 3.49. The van der Waals surface area contributed by atoms with E-state index in [1.165, 1.54) is 42.4 Å². The van der Waals surface area contributed by atoms with E-state index in [0.717, 1.165) is 23.8 Å². The normalized spacial score (nSPS) is 15.1. The second-order valence-electron chi connectivity index (χ2n) is 5.65. The molecule has 0 bridgehead atoms. The molecular weight excluding hydrogens is 326 g/mol. The molecule has 1 aliphatic heterocycles. The van der Waals surface area contributed by atoms with E-state index >= 15 is 0 Å². The van der Waals surface area contributed by atoms with E-state index < -0.39 is 4.92 Å². The molecule has 1 aromatic heterocycles. The van der Waals surface area contributed by atoms with Crippen molar-refractivity contribution in [1.29, 1.82) is 0 Å². The third-order valence-electron chi connectivity index (χ3n) is 4.10. The van der Waals surface area contributed by atoms with Gasteiger partial charge >= 0.3 is 0 Å². The van der Waals surface area contributed by atoms with Crippen molar-refractivity contribution in [3.05, 3.63) is 40.1 Å². The third kappa shape index (κ3) is 3.28. The number of aromatic nitrogens is 3. The molecule has 0 unspecified atom stereocenters. The Kier molecular flexibility index (Phi) is 4.84. The van der Waals surface area contributed by atoms with E-state index in [1.807, 2.05) is 17.0 Å². The molecule has 0 radical (unpaired) electrons. The van der Waals surface area contributed by atoms with E-state index in [1.54, 1.807) is 12.1 Å². The largest absolute Gasteiger partial charge is 0.374 e. The van der Waals surface area contributed by atoms with Crippen molar-refractivity contribution >= 4 is 23.6 Å². The molecule has 2 heterocycles. The lowest BCUT2D eigenvalue weighted by Crippen LogP contribution is -2.17. The summed E-state index contributed by atoms with van der Waals surface area (Å²) in [6.07, 6.45) is 6.45. The lowest BCUT2D eigenvalue weighted by atomic mass is 10.2. The molecule has 3 rings (SSSR count). The highest BCUT2D eigenvalue weighted by atomic mass is 32.2. The molecule has 7 nitrogen and oxygen atoms in total. The Morgan fingerprint density at radius 3 is 2.50 bits per heavy atom. The zero-order valence-corrected chi connectivity index (χ0v) is 14.5. The van der Waals surface area contributed by atoms with Gasteiger partial charge in [-0.1, -0.05) is 11.8 Å². The molecule has 2 aromatic rings. The van der Waals surface area contributed by atoms with Gasteiger partial charge in [-0.15, -0.1) is 10.2 Å². The minimum atomic E-state index is -0.404. The third-order valence-corrected chi connectivity index (χ3v) is 4.75. The number of hydrogen-bond acceptors (Lipinski definition) is 6. The first kappa shape index (κ1) is 16.5. The monoisotopic (exact) mass is 345 g/mol. The molecule has 0 N–H and O–H groups in total. The smallest absolute Gasteiger partial charge is 0.269 e. The minimum Gasteiger partial charge on any atom is -0.374 e. The Bertz CT molecular complexity index is 763. The van der Waals surface area contributed by atoms with Crippen LogP contribution < -0.4 is 0 Å². The molecule has 0 amide bonds. The van der Waals surface area contributed by atoms with Crippen molar-refractivity contribution in [3.63, 3.8) is 0 Å². The lowest BCUT2D eigenvalue weighted by molar-refractivity contribution is -0.384. The summed E-state index contributed by atoms with van der Waals surface area (Å²) in [6.45, 7) is 4.24. The van der Waals surface area contributed by atoms with Crippen molar-refractivity contribution in [2.24, 2.45) is 0 Å². The van der Waals surface area contributed by atoms with Gasteiger partial charge in [0.2, 0.25) is 0 Å². The molecule has 1 aliphatic rings. The fourth-order valence-electron chi connectivity index (χ4n) is 2.80.